The van der Waals surface area contributed by atoms with E-state index in [1.54, 1.807) is 37.3 Å². The van der Waals surface area contributed by atoms with E-state index in [1.807, 2.05) is 19.0 Å². The third-order valence-electron chi connectivity index (χ3n) is 4.11. The van der Waals surface area contributed by atoms with Gasteiger partial charge in [-0.1, -0.05) is 0 Å². The van der Waals surface area contributed by atoms with Crippen molar-refractivity contribution in [2.75, 3.05) is 36.1 Å². The van der Waals surface area contributed by atoms with Crippen LogP contribution in [0.4, 0.5) is 27.4 Å². The average Bonchev–Trinajstić information content (AvgIpc) is 2.69. The Labute approximate surface area is 174 Å². The maximum Gasteiger partial charge on any atom is 0.265 e. The van der Waals surface area contributed by atoms with Crippen LogP contribution < -0.4 is 19.7 Å². The lowest BCUT2D eigenvalue weighted by Crippen LogP contribution is -2.14. The molecule has 158 valence electrons. The van der Waals surface area contributed by atoms with Crippen molar-refractivity contribution < 1.29 is 17.5 Å². The van der Waals surface area contributed by atoms with Crippen molar-refractivity contribution in [1.82, 2.24) is 9.97 Å². The van der Waals surface area contributed by atoms with Gasteiger partial charge in [0.1, 0.15) is 33.9 Å². The normalized spacial score (nSPS) is 11.1. The van der Waals surface area contributed by atoms with Crippen LogP contribution in [0.15, 0.2) is 53.4 Å². The molecule has 10 heteroatoms. The third kappa shape index (κ3) is 4.95. The predicted octanol–water partition coefficient (Wildman–Crippen LogP) is 3.54. The summed E-state index contributed by atoms with van der Waals surface area (Å²) < 4.78 is 46.3. The summed E-state index contributed by atoms with van der Waals surface area (Å²) in [6, 6.07) is 11.7. The molecule has 0 aliphatic heterocycles. The van der Waals surface area contributed by atoms with Gasteiger partial charge in [0, 0.05) is 31.5 Å². The van der Waals surface area contributed by atoms with Crippen molar-refractivity contribution in [2.24, 2.45) is 0 Å². The maximum absolute atomic E-state index is 13.5. The summed E-state index contributed by atoms with van der Waals surface area (Å²) in [5.74, 6) is 1.38. The van der Waals surface area contributed by atoms with Gasteiger partial charge < -0.3 is 15.0 Å². The predicted molar refractivity (Wildman–Crippen MR) is 115 cm³/mol. The molecular weight excluding hydrogens is 409 g/mol. The highest BCUT2D eigenvalue weighted by molar-refractivity contribution is 7.92. The number of anilines is 4. The Morgan fingerprint density at radius 3 is 2.30 bits per heavy atom. The van der Waals surface area contributed by atoms with E-state index in [0.29, 0.717) is 23.0 Å². The fourth-order valence-corrected chi connectivity index (χ4v) is 3.93. The summed E-state index contributed by atoms with van der Waals surface area (Å²) in [7, 11) is 1.07. The zero-order chi connectivity index (χ0) is 21.9. The molecule has 3 aromatic rings. The van der Waals surface area contributed by atoms with Gasteiger partial charge in [-0.2, -0.15) is 0 Å². The summed E-state index contributed by atoms with van der Waals surface area (Å²) in [6.07, 6.45) is 0. The molecule has 1 heterocycles. The first-order valence-electron chi connectivity index (χ1n) is 8.94. The third-order valence-corrected chi connectivity index (χ3v) is 5.51. The fraction of sp³-hybridized carbons (Fsp3) is 0.200. The highest BCUT2D eigenvalue weighted by Gasteiger charge is 2.20. The van der Waals surface area contributed by atoms with Crippen LogP contribution in [0.5, 0.6) is 5.75 Å². The second-order valence-corrected chi connectivity index (χ2v) is 8.31. The van der Waals surface area contributed by atoms with E-state index in [2.05, 4.69) is 20.0 Å². The molecule has 0 saturated heterocycles. The van der Waals surface area contributed by atoms with Crippen LogP contribution in [0.1, 0.15) is 5.82 Å². The maximum atomic E-state index is 13.5. The number of hydrogen-bond donors (Lipinski definition) is 2. The lowest BCUT2D eigenvalue weighted by Gasteiger charge is -2.14. The largest absolute Gasteiger partial charge is 0.495 e. The Kier molecular flexibility index (Phi) is 6.06. The van der Waals surface area contributed by atoms with E-state index in [1.165, 1.54) is 13.2 Å². The molecule has 1 aromatic heterocycles. The van der Waals surface area contributed by atoms with Crippen LogP contribution in [0.25, 0.3) is 0 Å². The van der Waals surface area contributed by atoms with E-state index >= 15 is 0 Å². The van der Waals surface area contributed by atoms with Crippen molar-refractivity contribution in [1.29, 1.82) is 0 Å². The zero-order valence-corrected chi connectivity index (χ0v) is 17.8. The Hall–Kier alpha value is -3.40. The van der Waals surface area contributed by atoms with Crippen molar-refractivity contribution in [3.05, 3.63) is 60.2 Å². The van der Waals surface area contributed by atoms with E-state index < -0.39 is 15.8 Å². The molecule has 2 N–H and O–H groups in total. The standard InChI is InChI=1S/C20H22FN5O3S/c1-13-22-19(12-20(23-13)26(2)3)24-15-6-8-16(9-7-15)25-30(27,28)18-11-14(21)5-10-17(18)29-4/h5-12,25H,1-4H3,(H,22,23,24). The van der Waals surface area contributed by atoms with Crippen molar-refractivity contribution in [3.8, 4) is 5.75 Å². The molecule has 0 unspecified atom stereocenters. The number of halogens is 1. The number of aromatic nitrogens is 2. The molecule has 0 saturated carbocycles. The average molecular weight is 431 g/mol. The van der Waals surface area contributed by atoms with E-state index in [-0.39, 0.29) is 10.6 Å². The molecule has 0 radical (unpaired) electrons. The topological polar surface area (TPSA) is 96.5 Å². The molecule has 30 heavy (non-hydrogen) atoms. The van der Waals surface area contributed by atoms with Crippen LogP contribution in [0.3, 0.4) is 0 Å². The van der Waals surface area contributed by atoms with Crippen LogP contribution in [0, 0.1) is 12.7 Å². The number of benzene rings is 2. The van der Waals surface area contributed by atoms with Crippen LogP contribution >= 0.6 is 0 Å². The van der Waals surface area contributed by atoms with Crippen LogP contribution in [0.2, 0.25) is 0 Å². The SMILES string of the molecule is COc1ccc(F)cc1S(=O)(=O)Nc1ccc(Nc2cc(N(C)C)nc(C)n2)cc1. The minimum absolute atomic E-state index is 0.0537. The molecule has 0 spiro atoms. The Morgan fingerprint density at radius 2 is 1.67 bits per heavy atom. The molecule has 0 aliphatic rings. The van der Waals surface area contributed by atoms with Gasteiger partial charge in [0.05, 0.1) is 7.11 Å². The summed E-state index contributed by atoms with van der Waals surface area (Å²) in [4.78, 5) is 10.3. The minimum atomic E-state index is -4.03. The zero-order valence-electron chi connectivity index (χ0n) is 17.0. The molecule has 0 fully saturated rings. The second-order valence-electron chi connectivity index (χ2n) is 6.66. The second kappa shape index (κ2) is 8.54. The van der Waals surface area contributed by atoms with Gasteiger partial charge in [-0.3, -0.25) is 4.72 Å². The number of sulfonamides is 1. The Balaban J connectivity index is 1.79. The monoisotopic (exact) mass is 431 g/mol. The van der Waals surface area contributed by atoms with Crippen molar-refractivity contribution in [2.45, 2.75) is 11.8 Å². The molecule has 0 amide bonds. The van der Waals surface area contributed by atoms with Gasteiger partial charge in [0.25, 0.3) is 10.0 Å². The van der Waals surface area contributed by atoms with E-state index in [9.17, 15) is 12.8 Å². The van der Waals surface area contributed by atoms with Gasteiger partial charge in [0.15, 0.2) is 0 Å². The highest BCUT2D eigenvalue weighted by atomic mass is 32.2. The quantitative estimate of drug-likeness (QED) is 0.591. The number of ether oxygens (including phenoxy) is 1. The molecule has 0 bridgehead atoms. The number of nitrogens with zero attached hydrogens (tertiary/aromatic N) is 3. The smallest absolute Gasteiger partial charge is 0.265 e. The summed E-state index contributed by atoms with van der Waals surface area (Å²) >= 11 is 0. The first-order valence-corrected chi connectivity index (χ1v) is 10.4. The Bertz CT molecular complexity index is 1150. The molecule has 0 atom stereocenters. The van der Waals surface area contributed by atoms with Gasteiger partial charge in [0.2, 0.25) is 0 Å². The van der Waals surface area contributed by atoms with E-state index in [0.717, 1.165) is 18.0 Å². The van der Waals surface area contributed by atoms with Gasteiger partial charge in [-0.05, 0) is 49.4 Å². The van der Waals surface area contributed by atoms with Crippen molar-refractivity contribution in [3.63, 3.8) is 0 Å². The number of rotatable bonds is 7. The lowest BCUT2D eigenvalue weighted by atomic mass is 10.3. The lowest BCUT2D eigenvalue weighted by molar-refractivity contribution is 0.401. The van der Waals surface area contributed by atoms with Crippen molar-refractivity contribution >= 4 is 33.0 Å². The summed E-state index contributed by atoms with van der Waals surface area (Å²) in [5.41, 5.74) is 1.03. The molecular formula is C20H22FN5O3S. The van der Waals surface area contributed by atoms with E-state index in [4.69, 9.17) is 4.74 Å². The first kappa shape index (κ1) is 21.3. The number of hydrogen-bond acceptors (Lipinski definition) is 7. The fourth-order valence-electron chi connectivity index (χ4n) is 2.69. The number of aryl methyl sites for hydroxylation is 1. The van der Waals surface area contributed by atoms with Gasteiger partial charge in [-0.15, -0.1) is 0 Å². The molecule has 3 rings (SSSR count). The Morgan fingerprint density at radius 1 is 1.00 bits per heavy atom. The van der Waals surface area contributed by atoms with Crippen LogP contribution in [-0.4, -0.2) is 39.6 Å². The minimum Gasteiger partial charge on any atom is -0.495 e. The van der Waals surface area contributed by atoms with Gasteiger partial charge in [-0.25, -0.2) is 22.8 Å². The molecule has 0 aliphatic carbocycles. The number of methoxy groups -OCH3 is 1. The molecule has 8 nitrogen and oxygen atoms in total. The highest BCUT2D eigenvalue weighted by Crippen LogP contribution is 2.27. The molecule has 2 aromatic carbocycles. The summed E-state index contributed by atoms with van der Waals surface area (Å²) in [5, 5.41) is 3.16. The summed E-state index contributed by atoms with van der Waals surface area (Å²) in [6.45, 7) is 1.80. The van der Waals surface area contributed by atoms with Crippen LogP contribution in [-0.2, 0) is 10.0 Å². The number of nitrogens with one attached hydrogen (secondary N) is 2. The van der Waals surface area contributed by atoms with Gasteiger partial charge >= 0.3 is 0 Å². The first-order chi connectivity index (χ1) is 14.2.